The van der Waals surface area contributed by atoms with E-state index in [-0.39, 0.29) is 11.3 Å². The highest BCUT2D eigenvalue weighted by atomic mass is 16.2. The molecule has 72 valence electrons. The molecule has 0 bridgehead atoms. The van der Waals surface area contributed by atoms with Crippen LogP contribution in [0.3, 0.4) is 0 Å². The molecule has 0 aromatic carbocycles. The normalized spacial score (nSPS) is 27.8. The molecular formula is C11H17NO. The van der Waals surface area contributed by atoms with Gasteiger partial charge in [0.05, 0.1) is 5.41 Å². The Morgan fingerprint density at radius 1 is 1.77 bits per heavy atom. The predicted octanol–water partition coefficient (Wildman–Crippen LogP) is 2.38. The Kier molecular flexibility index (Phi) is 2.91. The monoisotopic (exact) mass is 179 g/mol. The summed E-state index contributed by atoms with van der Waals surface area (Å²) in [5.74, 6) is 0.148. The highest BCUT2D eigenvalue weighted by Crippen LogP contribution is 2.34. The van der Waals surface area contributed by atoms with Gasteiger partial charge in [-0.1, -0.05) is 19.1 Å². The van der Waals surface area contributed by atoms with Crippen molar-refractivity contribution in [1.29, 1.82) is 0 Å². The number of hydrogen-bond acceptors (Lipinski definition) is 1. The third kappa shape index (κ3) is 1.82. The first-order valence-electron chi connectivity index (χ1n) is 4.74. The molecule has 0 aromatic heterocycles. The number of amides is 1. The molecule has 0 fully saturated rings. The zero-order valence-electron chi connectivity index (χ0n) is 8.39. The van der Waals surface area contributed by atoms with Crippen molar-refractivity contribution in [2.75, 3.05) is 0 Å². The van der Waals surface area contributed by atoms with Gasteiger partial charge in [0, 0.05) is 5.70 Å². The lowest BCUT2D eigenvalue weighted by Crippen LogP contribution is -2.42. The van der Waals surface area contributed by atoms with E-state index >= 15 is 0 Å². The second-order valence-corrected chi connectivity index (χ2v) is 3.67. The molecule has 0 saturated heterocycles. The van der Waals surface area contributed by atoms with E-state index in [0.717, 1.165) is 25.0 Å². The zero-order valence-corrected chi connectivity index (χ0v) is 8.39. The van der Waals surface area contributed by atoms with E-state index in [0.29, 0.717) is 0 Å². The topological polar surface area (TPSA) is 29.1 Å². The van der Waals surface area contributed by atoms with Crippen LogP contribution in [0.5, 0.6) is 0 Å². The summed E-state index contributed by atoms with van der Waals surface area (Å²) >= 11 is 0. The molecule has 1 amide bonds. The van der Waals surface area contributed by atoms with Crippen molar-refractivity contribution < 1.29 is 4.79 Å². The summed E-state index contributed by atoms with van der Waals surface area (Å²) in [5.41, 5.74) is 0.736. The maximum Gasteiger partial charge on any atom is 0.230 e. The van der Waals surface area contributed by atoms with Crippen molar-refractivity contribution in [2.24, 2.45) is 5.41 Å². The molecule has 13 heavy (non-hydrogen) atoms. The van der Waals surface area contributed by atoms with E-state index in [1.807, 2.05) is 13.0 Å². The molecule has 0 aliphatic carbocycles. The second kappa shape index (κ2) is 3.77. The SMILES string of the molecule is C=CCC1(CC)CC=C(C)NC1=O. The van der Waals surface area contributed by atoms with Gasteiger partial charge in [-0.15, -0.1) is 6.58 Å². The summed E-state index contributed by atoms with van der Waals surface area (Å²) in [6.45, 7) is 7.68. The molecule has 1 heterocycles. The molecule has 1 rings (SSSR count). The largest absolute Gasteiger partial charge is 0.330 e. The average molecular weight is 179 g/mol. The first-order chi connectivity index (χ1) is 6.14. The summed E-state index contributed by atoms with van der Waals surface area (Å²) < 4.78 is 0. The molecule has 1 aliphatic rings. The lowest BCUT2D eigenvalue weighted by atomic mass is 9.76. The fourth-order valence-electron chi connectivity index (χ4n) is 1.71. The summed E-state index contributed by atoms with van der Waals surface area (Å²) in [6.07, 6.45) is 6.40. The Bertz CT molecular complexity index is 255. The summed E-state index contributed by atoms with van der Waals surface area (Å²) in [4.78, 5) is 11.7. The Hall–Kier alpha value is -1.05. The number of nitrogens with one attached hydrogen (secondary N) is 1. The van der Waals surface area contributed by atoms with Gasteiger partial charge < -0.3 is 5.32 Å². The Balaban J connectivity index is 2.87. The van der Waals surface area contributed by atoms with Crippen LogP contribution in [0.15, 0.2) is 24.4 Å². The Morgan fingerprint density at radius 3 is 2.92 bits per heavy atom. The minimum absolute atomic E-state index is 0.148. The molecular weight excluding hydrogens is 162 g/mol. The summed E-state index contributed by atoms with van der Waals surface area (Å²) in [7, 11) is 0. The van der Waals surface area contributed by atoms with E-state index in [4.69, 9.17) is 0 Å². The van der Waals surface area contributed by atoms with Gasteiger partial charge in [-0.3, -0.25) is 4.79 Å². The van der Waals surface area contributed by atoms with Crippen molar-refractivity contribution in [3.05, 3.63) is 24.4 Å². The van der Waals surface area contributed by atoms with Crippen molar-refractivity contribution >= 4 is 5.91 Å². The molecule has 2 nitrogen and oxygen atoms in total. The molecule has 1 aliphatic heterocycles. The predicted molar refractivity (Wildman–Crippen MR) is 54.1 cm³/mol. The van der Waals surface area contributed by atoms with E-state index < -0.39 is 0 Å². The fourth-order valence-corrected chi connectivity index (χ4v) is 1.71. The standard InChI is InChI=1S/C11H17NO/c1-4-7-11(5-2)8-6-9(3)12-10(11)13/h4,6H,1,5,7-8H2,2-3H3,(H,12,13). The minimum Gasteiger partial charge on any atom is -0.330 e. The molecule has 0 saturated carbocycles. The van der Waals surface area contributed by atoms with Gasteiger partial charge in [-0.2, -0.15) is 0 Å². The van der Waals surface area contributed by atoms with E-state index in [1.54, 1.807) is 0 Å². The van der Waals surface area contributed by atoms with Gasteiger partial charge in [0.1, 0.15) is 0 Å². The second-order valence-electron chi connectivity index (χ2n) is 3.67. The van der Waals surface area contributed by atoms with E-state index in [1.165, 1.54) is 0 Å². The van der Waals surface area contributed by atoms with Crippen LogP contribution in [-0.2, 0) is 4.79 Å². The third-order valence-electron chi connectivity index (χ3n) is 2.80. The van der Waals surface area contributed by atoms with Gasteiger partial charge in [0.2, 0.25) is 5.91 Å². The first kappa shape index (κ1) is 10.0. The maximum atomic E-state index is 11.7. The van der Waals surface area contributed by atoms with Crippen molar-refractivity contribution in [3.8, 4) is 0 Å². The number of allylic oxidation sites excluding steroid dienone is 3. The summed E-state index contributed by atoms with van der Waals surface area (Å²) in [5, 5.41) is 2.88. The van der Waals surface area contributed by atoms with Crippen molar-refractivity contribution in [3.63, 3.8) is 0 Å². The van der Waals surface area contributed by atoms with E-state index in [2.05, 4.69) is 24.9 Å². The first-order valence-corrected chi connectivity index (χ1v) is 4.74. The van der Waals surface area contributed by atoms with Crippen molar-refractivity contribution in [1.82, 2.24) is 5.32 Å². The smallest absolute Gasteiger partial charge is 0.230 e. The van der Waals surface area contributed by atoms with Crippen LogP contribution in [0.1, 0.15) is 33.1 Å². The third-order valence-corrected chi connectivity index (χ3v) is 2.80. The Labute approximate surface area is 79.7 Å². The number of carbonyl (C=O) groups excluding carboxylic acids is 1. The lowest BCUT2D eigenvalue weighted by Gasteiger charge is -2.32. The molecule has 2 heteroatoms. The quantitative estimate of drug-likeness (QED) is 0.662. The van der Waals surface area contributed by atoms with Gasteiger partial charge in [0.25, 0.3) is 0 Å². The Morgan fingerprint density at radius 2 is 2.46 bits per heavy atom. The molecule has 1 atom stereocenters. The molecule has 0 spiro atoms. The van der Waals surface area contributed by atoms with Crippen LogP contribution in [0.2, 0.25) is 0 Å². The van der Waals surface area contributed by atoms with Crippen LogP contribution in [0.4, 0.5) is 0 Å². The maximum absolute atomic E-state index is 11.7. The van der Waals surface area contributed by atoms with Crippen LogP contribution in [0.25, 0.3) is 0 Å². The van der Waals surface area contributed by atoms with Gasteiger partial charge in [0.15, 0.2) is 0 Å². The molecule has 0 aromatic rings. The van der Waals surface area contributed by atoms with Crippen LogP contribution in [-0.4, -0.2) is 5.91 Å². The van der Waals surface area contributed by atoms with Gasteiger partial charge in [-0.25, -0.2) is 0 Å². The van der Waals surface area contributed by atoms with Crippen LogP contribution < -0.4 is 5.32 Å². The highest BCUT2D eigenvalue weighted by molar-refractivity contribution is 5.85. The lowest BCUT2D eigenvalue weighted by molar-refractivity contribution is -0.131. The zero-order chi connectivity index (χ0) is 9.90. The number of rotatable bonds is 3. The number of hydrogen-bond donors (Lipinski definition) is 1. The molecule has 1 unspecified atom stereocenters. The van der Waals surface area contributed by atoms with Crippen molar-refractivity contribution in [2.45, 2.75) is 33.1 Å². The van der Waals surface area contributed by atoms with Crippen LogP contribution in [0, 0.1) is 5.41 Å². The molecule has 1 N–H and O–H groups in total. The molecule has 0 radical (unpaired) electrons. The van der Waals surface area contributed by atoms with Gasteiger partial charge >= 0.3 is 0 Å². The van der Waals surface area contributed by atoms with Gasteiger partial charge in [-0.05, 0) is 26.2 Å². The van der Waals surface area contributed by atoms with Crippen LogP contribution >= 0.6 is 0 Å². The highest BCUT2D eigenvalue weighted by Gasteiger charge is 2.36. The number of carbonyl (C=O) groups is 1. The fraction of sp³-hybridized carbons (Fsp3) is 0.545. The van der Waals surface area contributed by atoms with E-state index in [9.17, 15) is 4.79 Å². The average Bonchev–Trinajstić information content (AvgIpc) is 2.11. The summed E-state index contributed by atoms with van der Waals surface area (Å²) in [6, 6.07) is 0. The minimum atomic E-state index is -0.235.